The van der Waals surface area contributed by atoms with Crippen LogP contribution in [0.15, 0.2) is 34.7 Å². The molecule has 0 amide bonds. The molecule has 0 fully saturated rings. The highest BCUT2D eigenvalue weighted by Gasteiger charge is 2.30. The third-order valence-electron chi connectivity index (χ3n) is 4.62. The summed E-state index contributed by atoms with van der Waals surface area (Å²) >= 11 is 3.11. The summed E-state index contributed by atoms with van der Waals surface area (Å²) in [5.41, 5.74) is 6.67. The molecule has 152 valence electrons. The summed E-state index contributed by atoms with van der Waals surface area (Å²) in [6, 6.07) is 5.63. The largest absolute Gasteiger partial charge is 0.416 e. The molecule has 0 aliphatic carbocycles. The van der Waals surface area contributed by atoms with Crippen LogP contribution in [0.25, 0.3) is 5.57 Å². The number of hydrogen-bond acceptors (Lipinski definition) is 6. The molecule has 3 rings (SSSR count). The Morgan fingerprint density at radius 2 is 2.04 bits per heavy atom. The van der Waals surface area contributed by atoms with Gasteiger partial charge in [-0.25, -0.2) is 0 Å². The van der Waals surface area contributed by atoms with Crippen molar-refractivity contribution in [3.8, 4) is 0 Å². The van der Waals surface area contributed by atoms with Crippen molar-refractivity contribution in [3.05, 3.63) is 41.5 Å². The molecule has 0 radical (unpaired) electrons. The number of alkyl halides is 3. The zero-order valence-corrected chi connectivity index (χ0v) is 17.0. The van der Waals surface area contributed by atoms with E-state index in [1.165, 1.54) is 23.5 Å². The second-order valence-corrected chi connectivity index (χ2v) is 9.03. The zero-order valence-electron chi connectivity index (χ0n) is 15.4. The molecule has 4 nitrogen and oxygen atoms in total. The van der Waals surface area contributed by atoms with Gasteiger partial charge in [0.05, 0.1) is 5.56 Å². The van der Waals surface area contributed by atoms with E-state index >= 15 is 0 Å². The van der Waals surface area contributed by atoms with Crippen LogP contribution in [0.4, 0.5) is 18.3 Å². The molecular formula is C19H23F3N4S2. The van der Waals surface area contributed by atoms with Crippen molar-refractivity contribution in [2.24, 2.45) is 0 Å². The predicted molar refractivity (Wildman–Crippen MR) is 109 cm³/mol. The van der Waals surface area contributed by atoms with E-state index in [9.17, 15) is 13.2 Å². The fraction of sp³-hybridized carbons (Fsp3) is 0.474. The summed E-state index contributed by atoms with van der Waals surface area (Å²) in [5, 5.41) is 8.29. The number of nitrogens with two attached hydrogens (primary N) is 1. The highest BCUT2D eigenvalue weighted by Crippen LogP contribution is 2.32. The van der Waals surface area contributed by atoms with Crippen LogP contribution >= 0.6 is 23.1 Å². The first-order valence-electron chi connectivity index (χ1n) is 9.22. The Morgan fingerprint density at radius 3 is 2.71 bits per heavy atom. The van der Waals surface area contributed by atoms with Gasteiger partial charge >= 0.3 is 6.18 Å². The molecule has 0 atom stereocenters. The second-order valence-electron chi connectivity index (χ2n) is 6.67. The molecule has 0 unspecified atom stereocenters. The van der Waals surface area contributed by atoms with Crippen LogP contribution in [0.5, 0.6) is 0 Å². The maximum atomic E-state index is 12.9. The number of benzene rings is 1. The van der Waals surface area contributed by atoms with Gasteiger partial charge in [0.2, 0.25) is 5.13 Å². The standard InChI is InChI=1S/C19H23F3N4S2/c20-19(21,22)16-6-4-5-15(13-16)14-7-10-26(11-8-14)9-2-1-3-12-27-18-25-24-17(23)28-18/h4-7,13H,1-3,8-12H2,(H2,23,24). The zero-order chi connectivity index (χ0) is 20.0. The number of thioether (sulfide) groups is 1. The third kappa shape index (κ3) is 6.22. The van der Waals surface area contributed by atoms with Crippen LogP contribution in [0.1, 0.15) is 36.8 Å². The number of halogens is 3. The van der Waals surface area contributed by atoms with Gasteiger partial charge in [-0.05, 0) is 49.1 Å². The van der Waals surface area contributed by atoms with E-state index in [0.717, 1.165) is 67.0 Å². The lowest BCUT2D eigenvalue weighted by molar-refractivity contribution is -0.137. The van der Waals surface area contributed by atoms with Gasteiger partial charge in [0.1, 0.15) is 0 Å². The van der Waals surface area contributed by atoms with Crippen molar-refractivity contribution in [3.63, 3.8) is 0 Å². The Labute approximate surface area is 171 Å². The van der Waals surface area contributed by atoms with Crippen molar-refractivity contribution in [1.82, 2.24) is 15.1 Å². The van der Waals surface area contributed by atoms with Gasteiger partial charge in [-0.1, -0.05) is 47.7 Å². The van der Waals surface area contributed by atoms with Gasteiger partial charge < -0.3 is 5.73 Å². The lowest BCUT2D eigenvalue weighted by Crippen LogP contribution is -2.29. The number of unbranched alkanes of at least 4 members (excludes halogenated alkanes) is 2. The molecule has 1 aliphatic rings. The Bertz CT molecular complexity index is 804. The summed E-state index contributed by atoms with van der Waals surface area (Å²) in [7, 11) is 0. The molecule has 0 spiro atoms. The van der Waals surface area contributed by atoms with Gasteiger partial charge in [0.25, 0.3) is 0 Å². The molecule has 9 heteroatoms. The van der Waals surface area contributed by atoms with Crippen LogP contribution in [0, 0.1) is 0 Å². The van der Waals surface area contributed by atoms with E-state index in [-0.39, 0.29) is 0 Å². The van der Waals surface area contributed by atoms with Crippen LogP contribution in [0.3, 0.4) is 0 Å². The first-order chi connectivity index (χ1) is 13.4. The topological polar surface area (TPSA) is 55.0 Å². The van der Waals surface area contributed by atoms with Crippen molar-refractivity contribution >= 4 is 33.8 Å². The first-order valence-corrected chi connectivity index (χ1v) is 11.0. The number of nitrogens with zero attached hydrogens (tertiary/aromatic N) is 3. The van der Waals surface area contributed by atoms with Crippen molar-refractivity contribution in [2.75, 3.05) is 31.1 Å². The molecule has 1 aromatic heterocycles. The lowest BCUT2D eigenvalue weighted by Gasteiger charge is -2.26. The number of nitrogen functional groups attached to an aromatic ring is 1. The summed E-state index contributed by atoms with van der Waals surface area (Å²) in [6.45, 7) is 2.70. The molecule has 2 aromatic rings. The third-order valence-corrected chi connectivity index (χ3v) is 6.59. The van der Waals surface area contributed by atoms with Gasteiger partial charge in [-0.3, -0.25) is 4.90 Å². The van der Waals surface area contributed by atoms with E-state index in [4.69, 9.17) is 5.73 Å². The summed E-state index contributed by atoms with van der Waals surface area (Å²) in [6.07, 6.45) is 1.93. The van der Waals surface area contributed by atoms with E-state index < -0.39 is 11.7 Å². The van der Waals surface area contributed by atoms with Crippen LogP contribution in [-0.2, 0) is 6.18 Å². The molecule has 0 saturated heterocycles. The molecule has 2 N–H and O–H groups in total. The maximum Gasteiger partial charge on any atom is 0.416 e. The number of aromatic nitrogens is 2. The molecule has 1 aliphatic heterocycles. The monoisotopic (exact) mass is 428 g/mol. The van der Waals surface area contributed by atoms with Gasteiger partial charge in [0.15, 0.2) is 4.34 Å². The SMILES string of the molecule is Nc1nnc(SCCCCCN2CC=C(c3cccc(C(F)(F)F)c3)CC2)s1. The van der Waals surface area contributed by atoms with E-state index in [0.29, 0.717) is 10.7 Å². The molecule has 1 aromatic carbocycles. The number of anilines is 1. The Morgan fingerprint density at radius 1 is 1.18 bits per heavy atom. The molecule has 2 heterocycles. The molecule has 0 saturated carbocycles. The van der Waals surface area contributed by atoms with E-state index in [1.54, 1.807) is 17.8 Å². The van der Waals surface area contributed by atoms with Gasteiger partial charge in [-0.15, -0.1) is 10.2 Å². The smallest absolute Gasteiger partial charge is 0.374 e. The Balaban J connectivity index is 1.37. The Kier molecular flexibility index (Phi) is 7.36. The quantitative estimate of drug-likeness (QED) is 0.463. The molecule has 28 heavy (non-hydrogen) atoms. The minimum Gasteiger partial charge on any atom is -0.374 e. The normalized spacial score (nSPS) is 15.6. The second kappa shape index (κ2) is 9.76. The average Bonchev–Trinajstić information content (AvgIpc) is 3.09. The highest BCUT2D eigenvalue weighted by molar-refractivity contribution is 8.01. The van der Waals surface area contributed by atoms with E-state index in [2.05, 4.69) is 21.2 Å². The highest BCUT2D eigenvalue weighted by atomic mass is 32.2. The van der Waals surface area contributed by atoms with Crippen molar-refractivity contribution < 1.29 is 13.2 Å². The summed E-state index contributed by atoms with van der Waals surface area (Å²) < 4.78 is 39.6. The number of rotatable bonds is 8. The minimum absolute atomic E-state index is 0.505. The first kappa shape index (κ1) is 21.1. The fourth-order valence-electron chi connectivity index (χ4n) is 3.12. The maximum absolute atomic E-state index is 12.9. The van der Waals surface area contributed by atoms with Crippen LogP contribution in [0.2, 0.25) is 0 Å². The lowest BCUT2D eigenvalue weighted by atomic mass is 9.97. The average molecular weight is 429 g/mol. The molecule has 0 bridgehead atoms. The minimum atomic E-state index is -4.29. The van der Waals surface area contributed by atoms with Gasteiger partial charge in [-0.2, -0.15) is 13.2 Å². The van der Waals surface area contributed by atoms with Crippen molar-refractivity contribution in [2.45, 2.75) is 36.2 Å². The van der Waals surface area contributed by atoms with Crippen LogP contribution in [-0.4, -0.2) is 40.5 Å². The van der Waals surface area contributed by atoms with E-state index in [1.807, 2.05) is 0 Å². The number of hydrogen-bond donors (Lipinski definition) is 1. The fourth-order valence-corrected chi connectivity index (χ4v) is 4.83. The molecular weight excluding hydrogens is 405 g/mol. The summed E-state index contributed by atoms with van der Waals surface area (Å²) in [5.74, 6) is 1.01. The van der Waals surface area contributed by atoms with Gasteiger partial charge in [0, 0.05) is 18.8 Å². The van der Waals surface area contributed by atoms with Crippen LogP contribution < -0.4 is 5.73 Å². The van der Waals surface area contributed by atoms with Crippen molar-refractivity contribution in [1.29, 1.82) is 0 Å². The predicted octanol–water partition coefficient (Wildman–Crippen LogP) is 5.19. The summed E-state index contributed by atoms with van der Waals surface area (Å²) in [4.78, 5) is 2.36. The Hall–Kier alpha value is -1.58.